The van der Waals surface area contributed by atoms with Crippen molar-refractivity contribution in [3.8, 4) is 11.3 Å². The Hall–Kier alpha value is -3.43. The van der Waals surface area contributed by atoms with Gasteiger partial charge in [-0.25, -0.2) is 0 Å². The van der Waals surface area contributed by atoms with Crippen LogP contribution in [0.1, 0.15) is 38.7 Å². The molecule has 1 aliphatic heterocycles. The van der Waals surface area contributed by atoms with Gasteiger partial charge in [-0.15, -0.1) is 0 Å². The standard InChI is InChI=1S/C29H27NO2/c31-21-23-10-12-24(13-11-23)29-15-14-27(32-29)18-26-20-30(17-16-22-6-2-1-3-7-22)19-25-8-4-5-9-28(25)26/h1-15,21,26H,16-20H2. The van der Waals surface area contributed by atoms with E-state index in [0.717, 1.165) is 55.8 Å². The number of hydrogen-bond donors (Lipinski definition) is 0. The molecule has 0 bridgehead atoms. The molecule has 0 saturated heterocycles. The molecular weight excluding hydrogens is 394 g/mol. The molecule has 3 heteroatoms. The molecule has 32 heavy (non-hydrogen) atoms. The summed E-state index contributed by atoms with van der Waals surface area (Å²) in [5.74, 6) is 2.26. The third-order valence-corrected chi connectivity index (χ3v) is 6.37. The molecule has 0 spiro atoms. The van der Waals surface area contributed by atoms with E-state index in [2.05, 4.69) is 65.6 Å². The van der Waals surface area contributed by atoms with Gasteiger partial charge in [0.15, 0.2) is 0 Å². The molecule has 0 amide bonds. The first-order valence-electron chi connectivity index (χ1n) is 11.3. The van der Waals surface area contributed by atoms with Gasteiger partial charge in [0.2, 0.25) is 0 Å². The molecule has 4 aromatic rings. The van der Waals surface area contributed by atoms with Crippen molar-refractivity contribution in [2.75, 3.05) is 13.1 Å². The molecule has 0 aliphatic carbocycles. The van der Waals surface area contributed by atoms with Gasteiger partial charge in [-0.1, -0.05) is 78.9 Å². The maximum atomic E-state index is 10.9. The number of fused-ring (bicyclic) bond motifs is 1. The average Bonchev–Trinajstić information content (AvgIpc) is 3.32. The van der Waals surface area contributed by atoms with Gasteiger partial charge < -0.3 is 4.42 Å². The molecule has 3 nitrogen and oxygen atoms in total. The summed E-state index contributed by atoms with van der Waals surface area (Å²) in [5.41, 5.74) is 5.93. The van der Waals surface area contributed by atoms with Gasteiger partial charge in [0.25, 0.3) is 0 Å². The van der Waals surface area contributed by atoms with Crippen molar-refractivity contribution in [1.29, 1.82) is 0 Å². The molecule has 1 aromatic heterocycles. The number of rotatable bonds is 7. The van der Waals surface area contributed by atoms with Crippen molar-refractivity contribution < 1.29 is 9.21 Å². The molecule has 0 N–H and O–H groups in total. The van der Waals surface area contributed by atoms with Crippen LogP contribution < -0.4 is 0 Å². The molecular formula is C29H27NO2. The van der Waals surface area contributed by atoms with Crippen LogP contribution in [0, 0.1) is 0 Å². The van der Waals surface area contributed by atoms with E-state index in [1.807, 2.05) is 30.3 Å². The van der Waals surface area contributed by atoms with Crippen LogP contribution in [0.2, 0.25) is 0 Å². The van der Waals surface area contributed by atoms with Crippen LogP contribution in [0.4, 0.5) is 0 Å². The third kappa shape index (κ3) is 4.58. The first-order valence-corrected chi connectivity index (χ1v) is 11.3. The minimum Gasteiger partial charge on any atom is -0.461 e. The maximum Gasteiger partial charge on any atom is 0.150 e. The monoisotopic (exact) mass is 421 g/mol. The number of aldehydes is 1. The Balaban J connectivity index is 1.31. The predicted octanol–water partition coefficient (Wildman–Crippen LogP) is 6.14. The topological polar surface area (TPSA) is 33.5 Å². The molecule has 3 aromatic carbocycles. The van der Waals surface area contributed by atoms with Crippen molar-refractivity contribution >= 4 is 6.29 Å². The summed E-state index contributed by atoms with van der Waals surface area (Å²) >= 11 is 0. The Morgan fingerprint density at radius 2 is 1.66 bits per heavy atom. The molecule has 0 saturated carbocycles. The van der Waals surface area contributed by atoms with Crippen LogP contribution in [-0.2, 0) is 19.4 Å². The van der Waals surface area contributed by atoms with E-state index in [0.29, 0.717) is 11.5 Å². The Morgan fingerprint density at radius 3 is 2.47 bits per heavy atom. The summed E-state index contributed by atoms with van der Waals surface area (Å²) in [7, 11) is 0. The van der Waals surface area contributed by atoms with Crippen LogP contribution in [-0.4, -0.2) is 24.3 Å². The first kappa shape index (κ1) is 20.5. The fourth-order valence-electron chi connectivity index (χ4n) is 4.68. The number of benzene rings is 3. The molecule has 5 rings (SSSR count). The summed E-state index contributed by atoms with van der Waals surface area (Å²) < 4.78 is 6.22. The smallest absolute Gasteiger partial charge is 0.150 e. The van der Waals surface area contributed by atoms with E-state index >= 15 is 0 Å². The van der Waals surface area contributed by atoms with Gasteiger partial charge in [0, 0.05) is 43.1 Å². The zero-order chi connectivity index (χ0) is 21.8. The predicted molar refractivity (Wildman–Crippen MR) is 128 cm³/mol. The van der Waals surface area contributed by atoms with Crippen LogP contribution >= 0.6 is 0 Å². The van der Waals surface area contributed by atoms with Crippen molar-refractivity contribution in [2.45, 2.75) is 25.3 Å². The van der Waals surface area contributed by atoms with Gasteiger partial charge >= 0.3 is 0 Å². The number of hydrogen-bond acceptors (Lipinski definition) is 3. The molecule has 1 atom stereocenters. The molecule has 0 radical (unpaired) electrons. The van der Waals surface area contributed by atoms with E-state index in [9.17, 15) is 4.79 Å². The van der Waals surface area contributed by atoms with Gasteiger partial charge in [0.05, 0.1) is 0 Å². The van der Waals surface area contributed by atoms with E-state index < -0.39 is 0 Å². The van der Waals surface area contributed by atoms with E-state index in [1.165, 1.54) is 16.7 Å². The average molecular weight is 422 g/mol. The highest BCUT2D eigenvalue weighted by Gasteiger charge is 2.26. The van der Waals surface area contributed by atoms with Crippen molar-refractivity contribution in [3.05, 3.63) is 119 Å². The lowest BCUT2D eigenvalue weighted by atomic mass is 9.86. The minimum absolute atomic E-state index is 0.409. The lowest BCUT2D eigenvalue weighted by Gasteiger charge is -2.34. The van der Waals surface area contributed by atoms with Gasteiger partial charge in [-0.05, 0) is 35.2 Å². The zero-order valence-electron chi connectivity index (χ0n) is 18.1. The lowest BCUT2D eigenvalue weighted by molar-refractivity contribution is 0.112. The van der Waals surface area contributed by atoms with E-state index in [-0.39, 0.29) is 0 Å². The molecule has 2 heterocycles. The first-order chi connectivity index (χ1) is 15.8. The van der Waals surface area contributed by atoms with E-state index in [4.69, 9.17) is 4.42 Å². The Labute approximate surface area is 189 Å². The normalized spacial score (nSPS) is 15.9. The van der Waals surface area contributed by atoms with Crippen molar-refractivity contribution in [1.82, 2.24) is 4.90 Å². The fourth-order valence-corrected chi connectivity index (χ4v) is 4.68. The van der Waals surface area contributed by atoms with E-state index in [1.54, 1.807) is 0 Å². The summed E-state index contributed by atoms with van der Waals surface area (Å²) in [6.45, 7) is 3.10. The summed E-state index contributed by atoms with van der Waals surface area (Å²) in [6, 6.07) is 31.2. The number of nitrogens with zero attached hydrogens (tertiary/aromatic N) is 1. The number of furan rings is 1. The van der Waals surface area contributed by atoms with Crippen LogP contribution in [0.25, 0.3) is 11.3 Å². The highest BCUT2D eigenvalue weighted by atomic mass is 16.3. The summed E-state index contributed by atoms with van der Waals surface area (Å²) in [6.07, 6.45) is 2.81. The Kier molecular flexibility index (Phi) is 6.00. The number of carbonyl (C=O) groups is 1. The van der Waals surface area contributed by atoms with Gasteiger partial charge in [-0.3, -0.25) is 9.69 Å². The Morgan fingerprint density at radius 1 is 0.875 bits per heavy atom. The SMILES string of the molecule is O=Cc1ccc(-c2ccc(CC3CN(CCc4ccccc4)Cc4ccccc43)o2)cc1. The van der Waals surface area contributed by atoms with Crippen molar-refractivity contribution in [2.24, 2.45) is 0 Å². The lowest BCUT2D eigenvalue weighted by Crippen LogP contribution is -2.35. The molecule has 0 fully saturated rings. The molecule has 1 unspecified atom stereocenters. The largest absolute Gasteiger partial charge is 0.461 e. The quantitative estimate of drug-likeness (QED) is 0.336. The third-order valence-electron chi connectivity index (χ3n) is 6.37. The molecule has 160 valence electrons. The van der Waals surface area contributed by atoms with Crippen LogP contribution in [0.5, 0.6) is 0 Å². The second-order valence-electron chi connectivity index (χ2n) is 8.58. The van der Waals surface area contributed by atoms with Gasteiger partial charge in [0.1, 0.15) is 17.8 Å². The second-order valence-corrected chi connectivity index (χ2v) is 8.58. The highest BCUT2D eigenvalue weighted by Crippen LogP contribution is 2.32. The van der Waals surface area contributed by atoms with Crippen LogP contribution in [0.3, 0.4) is 0 Å². The van der Waals surface area contributed by atoms with Crippen molar-refractivity contribution in [3.63, 3.8) is 0 Å². The summed E-state index contributed by atoms with van der Waals surface area (Å²) in [5, 5.41) is 0. The number of carbonyl (C=O) groups excluding carboxylic acids is 1. The molecule has 1 aliphatic rings. The minimum atomic E-state index is 0.409. The second kappa shape index (κ2) is 9.37. The zero-order valence-corrected chi connectivity index (χ0v) is 18.1. The highest BCUT2D eigenvalue weighted by molar-refractivity contribution is 5.76. The van der Waals surface area contributed by atoms with Crippen LogP contribution in [0.15, 0.2) is 95.4 Å². The fraction of sp³-hybridized carbons (Fsp3) is 0.207. The van der Waals surface area contributed by atoms with Gasteiger partial charge in [-0.2, -0.15) is 0 Å². The Bertz CT molecular complexity index is 1180. The maximum absolute atomic E-state index is 10.9. The summed E-state index contributed by atoms with van der Waals surface area (Å²) in [4.78, 5) is 13.5.